The van der Waals surface area contributed by atoms with E-state index in [9.17, 15) is 19.8 Å². The fraction of sp³-hybridized carbons (Fsp3) is 0.605. The molecule has 256 valence electrons. The summed E-state index contributed by atoms with van der Waals surface area (Å²) in [5.74, 6) is 0.926. The Kier molecular flexibility index (Phi) is 11.3. The minimum Gasteiger partial charge on any atom is -0.394 e. The number of hydroxylamine groups is 2. The van der Waals surface area contributed by atoms with Gasteiger partial charge in [0.25, 0.3) is 11.8 Å². The number of aliphatic hydroxyl groups is 2. The zero-order chi connectivity index (χ0) is 33.9. The molecule has 6 rings (SSSR count). The van der Waals surface area contributed by atoms with Crippen LogP contribution in [0.1, 0.15) is 70.3 Å². The Hall–Kier alpha value is -2.95. The summed E-state index contributed by atoms with van der Waals surface area (Å²) in [7, 11) is 0. The fourth-order valence-corrected chi connectivity index (χ4v) is 8.33. The van der Waals surface area contributed by atoms with Crippen molar-refractivity contribution in [3.05, 3.63) is 59.7 Å². The SMILES string of the molecule is CCN(CC)CCNC(=O)c1cccc(-c2cccc(CN3O[C@@H](CO)[C@@H]([C@H](C)O)[C@H]3C(=O)N=CC3C[C@H]4C[C@@H]([C@@H]3C)C4(C)C)c2)c1. The summed E-state index contributed by atoms with van der Waals surface area (Å²) in [5.41, 5.74) is 3.67. The Labute approximate surface area is 280 Å². The van der Waals surface area contributed by atoms with Crippen LogP contribution in [0.2, 0.25) is 0 Å². The number of benzene rings is 2. The Balaban J connectivity index is 1.30. The van der Waals surface area contributed by atoms with Crippen molar-refractivity contribution < 1.29 is 24.6 Å². The second-order valence-electron chi connectivity index (χ2n) is 14.5. The molecular weight excluding hydrogens is 592 g/mol. The molecule has 3 saturated carbocycles. The zero-order valence-electron chi connectivity index (χ0n) is 28.9. The maximum atomic E-state index is 13.8. The average molecular weight is 647 g/mol. The van der Waals surface area contributed by atoms with Crippen molar-refractivity contribution in [3.63, 3.8) is 0 Å². The molecule has 2 aromatic rings. The highest BCUT2D eigenvalue weighted by atomic mass is 16.7. The van der Waals surface area contributed by atoms with Crippen LogP contribution in [0.3, 0.4) is 0 Å². The lowest BCUT2D eigenvalue weighted by molar-refractivity contribution is -0.180. The lowest BCUT2D eigenvalue weighted by Gasteiger charge is -2.61. The summed E-state index contributed by atoms with van der Waals surface area (Å²) in [6, 6.07) is 14.6. The number of rotatable bonds is 13. The van der Waals surface area contributed by atoms with Crippen molar-refractivity contribution in [3.8, 4) is 11.1 Å². The standard InChI is InChI=1S/C38H54N4O5/c1-7-41(8-2)16-15-39-36(45)29-14-10-13-28(18-29)27-12-9-11-26(17-27)22-42-35(34(25(4)44)33(23-43)47-42)37(46)40-21-30-19-31-20-32(24(30)3)38(31,5)6/h9-14,17-18,21,24-25,30-35,43-44H,7-8,15-16,19-20,22-23H2,1-6H3,(H,39,45)/t24-,25+,30?,31+,32+,33+,34-,35+/m1/s1. The molecule has 3 aliphatic carbocycles. The van der Waals surface area contributed by atoms with Gasteiger partial charge in [0.05, 0.1) is 19.3 Å². The van der Waals surface area contributed by atoms with E-state index in [4.69, 9.17) is 4.84 Å². The molecule has 1 saturated heterocycles. The molecule has 4 fully saturated rings. The van der Waals surface area contributed by atoms with E-state index in [1.807, 2.05) is 54.7 Å². The van der Waals surface area contributed by atoms with Gasteiger partial charge in [0.1, 0.15) is 12.1 Å². The van der Waals surface area contributed by atoms with Gasteiger partial charge in [-0.15, -0.1) is 0 Å². The van der Waals surface area contributed by atoms with Crippen LogP contribution in [-0.4, -0.2) is 89.2 Å². The van der Waals surface area contributed by atoms with Gasteiger partial charge in [0.2, 0.25) is 0 Å². The number of aliphatic hydroxyl groups excluding tert-OH is 2. The van der Waals surface area contributed by atoms with Gasteiger partial charge in [0.15, 0.2) is 0 Å². The molecule has 4 aliphatic rings. The molecule has 2 aromatic carbocycles. The highest BCUT2D eigenvalue weighted by Gasteiger charge is 2.56. The number of amides is 2. The lowest BCUT2D eigenvalue weighted by Crippen LogP contribution is -2.55. The average Bonchev–Trinajstić information content (AvgIpc) is 3.44. The van der Waals surface area contributed by atoms with Crippen LogP contribution >= 0.6 is 0 Å². The van der Waals surface area contributed by atoms with Crippen molar-refractivity contribution in [2.75, 3.05) is 32.8 Å². The van der Waals surface area contributed by atoms with Gasteiger partial charge in [-0.05, 0) is 96.8 Å². The summed E-state index contributed by atoms with van der Waals surface area (Å²) in [6.07, 6.45) is 2.54. The maximum Gasteiger partial charge on any atom is 0.265 e. The molecule has 0 spiro atoms. The first-order chi connectivity index (χ1) is 22.5. The number of carbonyl (C=O) groups is 2. The number of aliphatic imine (C=N–C) groups is 1. The Morgan fingerprint density at radius 1 is 1.13 bits per heavy atom. The third-order valence-corrected chi connectivity index (χ3v) is 11.5. The normalized spacial score (nSPS) is 29.2. The van der Waals surface area contributed by atoms with E-state index in [1.165, 1.54) is 6.42 Å². The minimum atomic E-state index is -0.879. The first-order valence-corrected chi connectivity index (χ1v) is 17.5. The first-order valence-electron chi connectivity index (χ1n) is 17.5. The Morgan fingerprint density at radius 2 is 1.83 bits per heavy atom. The van der Waals surface area contributed by atoms with Crippen LogP contribution in [-0.2, 0) is 16.2 Å². The number of fused-ring (bicyclic) bond motifs is 2. The molecule has 9 heteroatoms. The minimum absolute atomic E-state index is 0.106. The number of carbonyl (C=O) groups excluding carboxylic acids is 2. The summed E-state index contributed by atoms with van der Waals surface area (Å²) in [4.78, 5) is 39.6. The highest BCUT2D eigenvalue weighted by molar-refractivity contribution is 5.95. The summed E-state index contributed by atoms with van der Waals surface area (Å²) in [5, 5.41) is 25.5. The summed E-state index contributed by atoms with van der Waals surface area (Å²) in [6.45, 7) is 16.1. The van der Waals surface area contributed by atoms with Crippen molar-refractivity contribution >= 4 is 18.0 Å². The van der Waals surface area contributed by atoms with Crippen molar-refractivity contribution in [1.29, 1.82) is 0 Å². The van der Waals surface area contributed by atoms with E-state index >= 15 is 0 Å². The lowest BCUT2D eigenvalue weighted by atomic mass is 9.43. The van der Waals surface area contributed by atoms with Gasteiger partial charge >= 0.3 is 0 Å². The third-order valence-electron chi connectivity index (χ3n) is 11.5. The maximum absolute atomic E-state index is 13.8. The fourth-order valence-electron chi connectivity index (χ4n) is 8.33. The first kappa shape index (κ1) is 35.4. The van der Waals surface area contributed by atoms with Crippen molar-refractivity contribution in [1.82, 2.24) is 15.3 Å². The number of nitrogens with zero attached hydrogens (tertiary/aromatic N) is 3. The quantitative estimate of drug-likeness (QED) is 0.268. The Morgan fingerprint density at radius 3 is 2.47 bits per heavy atom. The predicted octanol–water partition coefficient (Wildman–Crippen LogP) is 4.81. The van der Waals surface area contributed by atoms with E-state index in [0.717, 1.165) is 42.7 Å². The van der Waals surface area contributed by atoms with Gasteiger partial charge in [-0.3, -0.25) is 14.4 Å². The topological polar surface area (TPSA) is 115 Å². The molecule has 2 bridgehead atoms. The number of hydrogen-bond donors (Lipinski definition) is 3. The van der Waals surface area contributed by atoms with Crippen LogP contribution in [0.25, 0.3) is 11.1 Å². The van der Waals surface area contributed by atoms with Gasteiger partial charge in [-0.1, -0.05) is 65.0 Å². The van der Waals surface area contributed by atoms with Gasteiger partial charge < -0.3 is 20.4 Å². The molecule has 1 unspecified atom stereocenters. The largest absolute Gasteiger partial charge is 0.394 e. The monoisotopic (exact) mass is 646 g/mol. The van der Waals surface area contributed by atoms with Crippen LogP contribution < -0.4 is 5.32 Å². The predicted molar refractivity (Wildman–Crippen MR) is 185 cm³/mol. The molecule has 8 atom stereocenters. The van der Waals surface area contributed by atoms with E-state index < -0.39 is 24.2 Å². The van der Waals surface area contributed by atoms with E-state index in [2.05, 4.69) is 49.8 Å². The van der Waals surface area contributed by atoms with E-state index in [1.54, 1.807) is 12.0 Å². The molecule has 47 heavy (non-hydrogen) atoms. The van der Waals surface area contributed by atoms with Gasteiger partial charge in [-0.25, -0.2) is 4.99 Å². The van der Waals surface area contributed by atoms with Crippen molar-refractivity contribution in [2.45, 2.75) is 79.2 Å². The van der Waals surface area contributed by atoms with Crippen LogP contribution in [0.15, 0.2) is 53.5 Å². The van der Waals surface area contributed by atoms with E-state index in [-0.39, 0.29) is 30.9 Å². The number of hydrogen-bond acceptors (Lipinski definition) is 7. The molecule has 9 nitrogen and oxygen atoms in total. The van der Waals surface area contributed by atoms with E-state index in [0.29, 0.717) is 35.3 Å². The van der Waals surface area contributed by atoms with Gasteiger partial charge in [-0.2, -0.15) is 5.06 Å². The molecule has 2 amide bonds. The molecule has 1 heterocycles. The molecule has 3 N–H and O–H groups in total. The molecule has 1 aliphatic heterocycles. The smallest absolute Gasteiger partial charge is 0.265 e. The van der Waals surface area contributed by atoms with Crippen LogP contribution in [0.5, 0.6) is 0 Å². The van der Waals surface area contributed by atoms with Gasteiger partial charge in [0, 0.05) is 30.8 Å². The molecule has 0 radical (unpaired) electrons. The molecule has 0 aromatic heterocycles. The van der Waals surface area contributed by atoms with Crippen LogP contribution in [0, 0.1) is 35.0 Å². The highest BCUT2D eigenvalue weighted by Crippen LogP contribution is 2.62. The Bertz CT molecular complexity index is 1420. The number of likely N-dealkylation sites (N-methyl/N-ethyl adjacent to an activating group) is 1. The second kappa shape index (κ2) is 15.1. The second-order valence-corrected chi connectivity index (χ2v) is 14.5. The molecular formula is C38H54N4O5. The number of nitrogens with one attached hydrogen (secondary N) is 1. The third kappa shape index (κ3) is 7.55. The summed E-state index contributed by atoms with van der Waals surface area (Å²) < 4.78 is 0. The summed E-state index contributed by atoms with van der Waals surface area (Å²) >= 11 is 0. The van der Waals surface area contributed by atoms with Crippen molar-refractivity contribution in [2.24, 2.45) is 40.0 Å². The van der Waals surface area contributed by atoms with Crippen LogP contribution in [0.4, 0.5) is 0 Å². The zero-order valence-corrected chi connectivity index (χ0v) is 28.9.